The van der Waals surface area contributed by atoms with Crippen molar-refractivity contribution < 1.29 is 18.3 Å². The van der Waals surface area contributed by atoms with E-state index in [9.17, 15) is 13.2 Å². The number of rotatable bonds is 5. The first-order valence-electron chi connectivity index (χ1n) is 6.07. The van der Waals surface area contributed by atoms with E-state index in [2.05, 4.69) is 6.07 Å². The van der Waals surface area contributed by atoms with E-state index in [0.717, 1.165) is 0 Å². The molecule has 1 aromatic carbocycles. The minimum Gasteiger partial charge on any atom is -0.478 e. The lowest BCUT2D eigenvalue weighted by Crippen LogP contribution is -2.17. The van der Waals surface area contributed by atoms with Crippen LogP contribution < -0.4 is 0 Å². The van der Waals surface area contributed by atoms with Crippen molar-refractivity contribution >= 4 is 15.8 Å². The number of nitriles is 1. The molecular weight excluding hydrogens is 278 g/mol. The average molecular weight is 295 g/mol. The molecule has 1 N–H and O–H groups in total. The van der Waals surface area contributed by atoms with Crippen molar-refractivity contribution in [2.45, 2.75) is 32.1 Å². The van der Waals surface area contributed by atoms with Gasteiger partial charge in [-0.15, -0.1) is 0 Å². The maximum atomic E-state index is 12.3. The summed E-state index contributed by atoms with van der Waals surface area (Å²) < 4.78 is 24.6. The van der Waals surface area contributed by atoms with Crippen LogP contribution in [0.25, 0.3) is 0 Å². The minimum absolute atomic E-state index is 0.0196. The van der Waals surface area contributed by atoms with E-state index in [4.69, 9.17) is 10.4 Å². The molecule has 0 atom stereocenters. The van der Waals surface area contributed by atoms with Crippen molar-refractivity contribution in [2.75, 3.05) is 5.75 Å². The predicted molar refractivity (Wildman–Crippen MR) is 74.2 cm³/mol. The topological polar surface area (TPSA) is 95.2 Å². The fourth-order valence-electron chi connectivity index (χ4n) is 1.62. The lowest BCUT2D eigenvalue weighted by atomic mass is 9.93. The Morgan fingerprint density at radius 2 is 2.00 bits per heavy atom. The standard InChI is InChI=1S/C14H17NO4S/c1-10-4-5-11(13(16)17)8-12(10)20(18,19)7-6-14(2,3)9-15/h4-5,8H,6-7H2,1-3H3,(H,16,17). The minimum atomic E-state index is -3.60. The fourth-order valence-corrected chi connectivity index (χ4v) is 3.49. The number of nitrogens with zero attached hydrogens (tertiary/aromatic N) is 1. The van der Waals surface area contributed by atoms with Crippen molar-refractivity contribution in [3.63, 3.8) is 0 Å². The zero-order valence-corrected chi connectivity index (χ0v) is 12.5. The van der Waals surface area contributed by atoms with Gasteiger partial charge in [-0.25, -0.2) is 13.2 Å². The number of aromatic carboxylic acids is 1. The first-order valence-corrected chi connectivity index (χ1v) is 7.72. The third-order valence-electron chi connectivity index (χ3n) is 3.07. The van der Waals surface area contributed by atoms with Gasteiger partial charge in [0.15, 0.2) is 9.84 Å². The molecule has 0 bridgehead atoms. The molecule has 0 saturated heterocycles. The van der Waals surface area contributed by atoms with Gasteiger partial charge in [-0.2, -0.15) is 5.26 Å². The molecule has 0 heterocycles. The van der Waals surface area contributed by atoms with Gasteiger partial charge in [0.1, 0.15) is 0 Å². The van der Waals surface area contributed by atoms with Gasteiger partial charge >= 0.3 is 5.97 Å². The van der Waals surface area contributed by atoms with Crippen LogP contribution in [0.1, 0.15) is 36.2 Å². The zero-order chi connectivity index (χ0) is 15.6. The summed E-state index contributed by atoms with van der Waals surface area (Å²) in [5.41, 5.74) is -0.288. The van der Waals surface area contributed by atoms with E-state index in [1.165, 1.54) is 18.2 Å². The number of hydrogen-bond donors (Lipinski definition) is 1. The van der Waals surface area contributed by atoms with E-state index in [1.807, 2.05) is 0 Å². The SMILES string of the molecule is Cc1ccc(C(=O)O)cc1S(=O)(=O)CCC(C)(C)C#N. The highest BCUT2D eigenvalue weighted by molar-refractivity contribution is 7.91. The molecule has 6 heteroatoms. The van der Waals surface area contributed by atoms with Crippen LogP contribution in [0, 0.1) is 23.7 Å². The van der Waals surface area contributed by atoms with Crippen LogP contribution in [0.5, 0.6) is 0 Å². The molecule has 1 aromatic rings. The van der Waals surface area contributed by atoms with Crippen LogP contribution >= 0.6 is 0 Å². The third-order valence-corrected chi connectivity index (χ3v) is 4.92. The van der Waals surface area contributed by atoms with Gasteiger partial charge < -0.3 is 5.11 Å². The summed E-state index contributed by atoms with van der Waals surface area (Å²) in [6.45, 7) is 4.96. The molecule has 0 radical (unpaired) electrons. The van der Waals surface area contributed by atoms with Crippen LogP contribution in [0.15, 0.2) is 23.1 Å². The highest BCUT2D eigenvalue weighted by Crippen LogP contribution is 2.24. The first-order chi connectivity index (χ1) is 9.09. The summed E-state index contributed by atoms with van der Waals surface area (Å²) in [6.07, 6.45) is 0.197. The number of carbonyl (C=O) groups is 1. The smallest absolute Gasteiger partial charge is 0.335 e. The number of carboxylic acid groups (broad SMARTS) is 1. The Balaban J connectivity index is 3.13. The molecular formula is C14H17NO4S. The van der Waals surface area contributed by atoms with E-state index < -0.39 is 21.2 Å². The molecule has 5 nitrogen and oxygen atoms in total. The third kappa shape index (κ3) is 3.81. The van der Waals surface area contributed by atoms with Crippen LogP contribution in [0.4, 0.5) is 0 Å². The monoisotopic (exact) mass is 295 g/mol. The maximum Gasteiger partial charge on any atom is 0.335 e. The number of aryl methyl sites for hydroxylation is 1. The van der Waals surface area contributed by atoms with Gasteiger partial charge in [0, 0.05) is 0 Å². The van der Waals surface area contributed by atoms with Crippen molar-refractivity contribution in [1.82, 2.24) is 0 Å². The molecule has 0 fully saturated rings. The molecule has 20 heavy (non-hydrogen) atoms. The van der Waals surface area contributed by atoms with Gasteiger partial charge in [0.2, 0.25) is 0 Å². The predicted octanol–water partition coefficient (Wildman–Crippen LogP) is 2.41. The van der Waals surface area contributed by atoms with Gasteiger partial charge in [-0.05, 0) is 44.9 Å². The van der Waals surface area contributed by atoms with E-state index in [1.54, 1.807) is 20.8 Å². The van der Waals surface area contributed by atoms with E-state index in [0.29, 0.717) is 5.56 Å². The lowest BCUT2D eigenvalue weighted by molar-refractivity contribution is 0.0696. The van der Waals surface area contributed by atoms with E-state index in [-0.39, 0.29) is 22.6 Å². The molecule has 1 rings (SSSR count). The van der Waals surface area contributed by atoms with Crippen molar-refractivity contribution in [3.8, 4) is 6.07 Å². The van der Waals surface area contributed by atoms with Gasteiger partial charge in [-0.3, -0.25) is 0 Å². The maximum absolute atomic E-state index is 12.3. The van der Waals surface area contributed by atoms with Gasteiger partial charge in [0.05, 0.1) is 27.7 Å². The molecule has 0 aliphatic heterocycles. The summed E-state index contributed by atoms with van der Waals surface area (Å²) in [6, 6.07) is 6.07. The molecule has 0 aromatic heterocycles. The Labute approximate surface area is 118 Å². The zero-order valence-electron chi connectivity index (χ0n) is 11.7. The normalized spacial score (nSPS) is 11.9. The molecule has 0 aliphatic carbocycles. The summed E-state index contributed by atoms with van der Waals surface area (Å²) >= 11 is 0. The molecule has 0 saturated carbocycles. The number of carboxylic acids is 1. The lowest BCUT2D eigenvalue weighted by Gasteiger charge is -2.15. The molecule has 0 unspecified atom stereocenters. The van der Waals surface area contributed by atoms with Crippen molar-refractivity contribution in [1.29, 1.82) is 5.26 Å². The van der Waals surface area contributed by atoms with Gasteiger partial charge in [0.25, 0.3) is 0 Å². The first kappa shape index (κ1) is 16.2. The second-order valence-corrected chi connectivity index (χ2v) is 7.43. The fraction of sp³-hybridized carbons (Fsp3) is 0.429. The highest BCUT2D eigenvalue weighted by Gasteiger charge is 2.24. The molecule has 108 valence electrons. The van der Waals surface area contributed by atoms with E-state index >= 15 is 0 Å². The van der Waals surface area contributed by atoms with Crippen LogP contribution in [0.3, 0.4) is 0 Å². The Kier molecular flexibility index (Phi) is 4.56. The van der Waals surface area contributed by atoms with Crippen molar-refractivity contribution in [2.24, 2.45) is 5.41 Å². The summed E-state index contributed by atoms with van der Waals surface area (Å²) in [4.78, 5) is 10.9. The largest absolute Gasteiger partial charge is 0.478 e. The summed E-state index contributed by atoms with van der Waals surface area (Å²) in [5.74, 6) is -1.35. The summed E-state index contributed by atoms with van der Waals surface area (Å²) in [5, 5.41) is 17.8. The Bertz CT molecular complexity index is 669. The Hall–Kier alpha value is -1.87. The quantitative estimate of drug-likeness (QED) is 0.900. The van der Waals surface area contributed by atoms with Crippen LogP contribution in [-0.2, 0) is 9.84 Å². The Morgan fingerprint density at radius 1 is 1.40 bits per heavy atom. The second kappa shape index (κ2) is 5.63. The number of sulfone groups is 1. The molecule has 0 aliphatic rings. The number of benzene rings is 1. The molecule has 0 amide bonds. The summed E-state index contributed by atoms with van der Waals surface area (Å²) in [7, 11) is -3.60. The highest BCUT2D eigenvalue weighted by atomic mass is 32.2. The van der Waals surface area contributed by atoms with Crippen LogP contribution in [-0.4, -0.2) is 25.2 Å². The van der Waals surface area contributed by atoms with Gasteiger partial charge in [-0.1, -0.05) is 6.07 Å². The Morgan fingerprint density at radius 3 is 2.50 bits per heavy atom. The second-order valence-electron chi connectivity index (χ2n) is 5.35. The van der Waals surface area contributed by atoms with Crippen LogP contribution in [0.2, 0.25) is 0 Å². The number of hydrogen-bond acceptors (Lipinski definition) is 4. The average Bonchev–Trinajstić information content (AvgIpc) is 2.37. The van der Waals surface area contributed by atoms with Crippen molar-refractivity contribution in [3.05, 3.63) is 29.3 Å². The molecule has 0 spiro atoms.